The Morgan fingerprint density at radius 1 is 1.80 bits per heavy atom. The molecule has 5 heteroatoms. The van der Waals surface area contributed by atoms with Gasteiger partial charge >= 0.3 is 0 Å². The van der Waals surface area contributed by atoms with Crippen molar-refractivity contribution < 1.29 is 9.47 Å². The lowest BCUT2D eigenvalue weighted by atomic mass is 10.1. The highest BCUT2D eigenvalue weighted by molar-refractivity contribution is 7.09. The SMILES string of the molecule is COCC(N)c1csc(C2CCOC2)n1. The van der Waals surface area contributed by atoms with Crippen LogP contribution in [-0.2, 0) is 9.47 Å². The van der Waals surface area contributed by atoms with E-state index >= 15 is 0 Å². The van der Waals surface area contributed by atoms with Crippen LogP contribution in [0.2, 0.25) is 0 Å². The van der Waals surface area contributed by atoms with Gasteiger partial charge < -0.3 is 15.2 Å². The quantitative estimate of drug-likeness (QED) is 0.843. The topological polar surface area (TPSA) is 57.4 Å². The standard InChI is InChI=1S/C10H16N2O2S/c1-13-5-8(11)9-6-15-10(12-9)7-2-3-14-4-7/h6-8H,2-5,11H2,1H3. The van der Waals surface area contributed by atoms with Crippen LogP contribution >= 0.6 is 11.3 Å². The van der Waals surface area contributed by atoms with E-state index in [4.69, 9.17) is 15.2 Å². The summed E-state index contributed by atoms with van der Waals surface area (Å²) in [7, 11) is 1.65. The van der Waals surface area contributed by atoms with Gasteiger partial charge in [0, 0.05) is 25.0 Å². The average Bonchev–Trinajstić information content (AvgIpc) is 2.89. The molecule has 1 aliphatic rings. The van der Waals surface area contributed by atoms with Crippen LogP contribution in [0.25, 0.3) is 0 Å². The molecule has 0 bridgehead atoms. The third-order valence-corrected chi connectivity index (χ3v) is 3.57. The van der Waals surface area contributed by atoms with Crippen molar-refractivity contribution in [2.45, 2.75) is 18.4 Å². The molecule has 84 valence electrons. The predicted octanol–water partition coefficient (Wildman–Crippen LogP) is 1.29. The first-order valence-electron chi connectivity index (χ1n) is 5.09. The maximum atomic E-state index is 5.91. The number of thiazole rings is 1. The van der Waals surface area contributed by atoms with Gasteiger partial charge in [0.25, 0.3) is 0 Å². The van der Waals surface area contributed by atoms with Crippen molar-refractivity contribution >= 4 is 11.3 Å². The Labute approximate surface area is 93.4 Å². The van der Waals surface area contributed by atoms with Crippen molar-refractivity contribution in [3.05, 3.63) is 16.1 Å². The molecular weight excluding hydrogens is 212 g/mol. The highest BCUT2D eigenvalue weighted by atomic mass is 32.1. The highest BCUT2D eigenvalue weighted by Crippen LogP contribution is 2.28. The lowest BCUT2D eigenvalue weighted by Gasteiger charge is -2.06. The van der Waals surface area contributed by atoms with Gasteiger partial charge in [-0.1, -0.05) is 0 Å². The van der Waals surface area contributed by atoms with Gasteiger partial charge in [-0.05, 0) is 6.42 Å². The molecule has 2 unspecified atom stereocenters. The second-order valence-electron chi connectivity index (χ2n) is 3.73. The first-order chi connectivity index (χ1) is 7.31. The first kappa shape index (κ1) is 11.0. The van der Waals surface area contributed by atoms with E-state index in [2.05, 4.69) is 4.98 Å². The Hall–Kier alpha value is -0.490. The van der Waals surface area contributed by atoms with Crippen LogP contribution in [0.15, 0.2) is 5.38 Å². The third kappa shape index (κ3) is 2.55. The van der Waals surface area contributed by atoms with E-state index in [-0.39, 0.29) is 6.04 Å². The second-order valence-corrected chi connectivity index (χ2v) is 4.62. The van der Waals surface area contributed by atoms with E-state index < -0.39 is 0 Å². The van der Waals surface area contributed by atoms with Crippen LogP contribution in [0.4, 0.5) is 0 Å². The molecule has 2 atom stereocenters. The molecular formula is C10H16N2O2S. The number of methoxy groups -OCH3 is 1. The number of hydrogen-bond donors (Lipinski definition) is 1. The fraction of sp³-hybridized carbons (Fsp3) is 0.700. The largest absolute Gasteiger partial charge is 0.383 e. The minimum atomic E-state index is -0.109. The molecule has 0 spiro atoms. The summed E-state index contributed by atoms with van der Waals surface area (Å²) in [6, 6.07) is -0.109. The second kappa shape index (κ2) is 5.03. The summed E-state index contributed by atoms with van der Waals surface area (Å²) in [5.74, 6) is 0.471. The molecule has 2 heterocycles. The van der Waals surface area contributed by atoms with E-state index in [1.807, 2.05) is 5.38 Å². The summed E-state index contributed by atoms with van der Waals surface area (Å²) >= 11 is 1.67. The van der Waals surface area contributed by atoms with Gasteiger partial charge in [-0.2, -0.15) is 0 Å². The number of rotatable bonds is 4. The van der Waals surface area contributed by atoms with E-state index in [0.29, 0.717) is 12.5 Å². The van der Waals surface area contributed by atoms with E-state index in [1.54, 1.807) is 18.4 Å². The van der Waals surface area contributed by atoms with Crippen LogP contribution in [0.3, 0.4) is 0 Å². The number of hydrogen-bond acceptors (Lipinski definition) is 5. The van der Waals surface area contributed by atoms with E-state index in [9.17, 15) is 0 Å². The Morgan fingerprint density at radius 3 is 3.33 bits per heavy atom. The molecule has 2 N–H and O–H groups in total. The van der Waals surface area contributed by atoms with Crippen molar-refractivity contribution in [3.63, 3.8) is 0 Å². The van der Waals surface area contributed by atoms with Crippen molar-refractivity contribution in [1.29, 1.82) is 0 Å². The Bertz CT molecular complexity index is 310. The fourth-order valence-corrected chi connectivity index (χ4v) is 2.66. The number of nitrogens with zero attached hydrogens (tertiary/aromatic N) is 1. The summed E-state index contributed by atoms with van der Waals surface area (Å²) in [6.45, 7) is 2.17. The van der Waals surface area contributed by atoms with Crippen molar-refractivity contribution in [3.8, 4) is 0 Å². The van der Waals surface area contributed by atoms with Gasteiger partial charge in [-0.3, -0.25) is 0 Å². The monoisotopic (exact) mass is 228 g/mol. The van der Waals surface area contributed by atoms with Gasteiger partial charge in [0.05, 0.1) is 30.0 Å². The maximum absolute atomic E-state index is 5.91. The van der Waals surface area contributed by atoms with Crippen LogP contribution in [0.5, 0.6) is 0 Å². The Kier molecular flexibility index (Phi) is 3.69. The summed E-state index contributed by atoms with van der Waals surface area (Å²) in [5.41, 5.74) is 6.84. The molecule has 1 aromatic heterocycles. The molecule has 1 aliphatic heterocycles. The third-order valence-electron chi connectivity index (χ3n) is 2.54. The molecule has 0 aromatic carbocycles. The number of ether oxygens (including phenoxy) is 2. The molecule has 1 saturated heterocycles. The van der Waals surface area contributed by atoms with Gasteiger partial charge in [0.15, 0.2) is 0 Å². The molecule has 2 rings (SSSR count). The van der Waals surface area contributed by atoms with E-state index in [0.717, 1.165) is 30.3 Å². The van der Waals surface area contributed by atoms with Gasteiger partial charge in [-0.25, -0.2) is 4.98 Å². The minimum Gasteiger partial charge on any atom is -0.383 e. The number of aromatic nitrogens is 1. The molecule has 15 heavy (non-hydrogen) atoms. The van der Waals surface area contributed by atoms with Crippen molar-refractivity contribution in [1.82, 2.24) is 4.98 Å². The van der Waals surface area contributed by atoms with Gasteiger partial charge in [0.1, 0.15) is 0 Å². The van der Waals surface area contributed by atoms with Crippen LogP contribution in [0.1, 0.15) is 29.1 Å². The predicted molar refractivity (Wildman–Crippen MR) is 59.1 cm³/mol. The lowest BCUT2D eigenvalue weighted by Crippen LogP contribution is -2.16. The van der Waals surface area contributed by atoms with Crippen LogP contribution in [0, 0.1) is 0 Å². The van der Waals surface area contributed by atoms with Gasteiger partial charge in [-0.15, -0.1) is 11.3 Å². The number of nitrogens with two attached hydrogens (primary N) is 1. The van der Waals surface area contributed by atoms with Crippen molar-refractivity contribution in [2.24, 2.45) is 5.73 Å². The van der Waals surface area contributed by atoms with Gasteiger partial charge in [0.2, 0.25) is 0 Å². The molecule has 1 aromatic rings. The van der Waals surface area contributed by atoms with E-state index in [1.165, 1.54) is 0 Å². The molecule has 0 radical (unpaired) electrons. The summed E-state index contributed by atoms with van der Waals surface area (Å²) in [4.78, 5) is 4.54. The first-order valence-corrected chi connectivity index (χ1v) is 5.97. The van der Waals surface area contributed by atoms with Crippen LogP contribution < -0.4 is 5.73 Å². The Morgan fingerprint density at radius 2 is 2.67 bits per heavy atom. The molecule has 4 nitrogen and oxygen atoms in total. The normalized spacial score (nSPS) is 23.2. The summed E-state index contributed by atoms with van der Waals surface area (Å²) in [6.07, 6.45) is 1.08. The zero-order chi connectivity index (χ0) is 10.7. The van der Waals surface area contributed by atoms with Crippen molar-refractivity contribution in [2.75, 3.05) is 26.9 Å². The average molecular weight is 228 g/mol. The molecule has 0 aliphatic carbocycles. The molecule has 0 saturated carbocycles. The maximum Gasteiger partial charge on any atom is 0.0983 e. The molecule has 1 fully saturated rings. The zero-order valence-corrected chi connectivity index (χ0v) is 9.63. The summed E-state index contributed by atoms with van der Waals surface area (Å²) in [5, 5.41) is 3.17. The Balaban J connectivity index is 2.02. The molecule has 0 amide bonds. The lowest BCUT2D eigenvalue weighted by molar-refractivity contribution is 0.179. The minimum absolute atomic E-state index is 0.109. The fourth-order valence-electron chi connectivity index (χ4n) is 1.65. The zero-order valence-electron chi connectivity index (χ0n) is 8.81. The highest BCUT2D eigenvalue weighted by Gasteiger charge is 2.21. The van der Waals surface area contributed by atoms with Crippen LogP contribution in [-0.4, -0.2) is 31.9 Å². The smallest absolute Gasteiger partial charge is 0.0983 e. The summed E-state index contributed by atoms with van der Waals surface area (Å²) < 4.78 is 10.3.